The van der Waals surface area contributed by atoms with Crippen LogP contribution in [0.15, 0.2) is 38.8 Å². The van der Waals surface area contributed by atoms with Gasteiger partial charge >= 0.3 is 5.97 Å². The van der Waals surface area contributed by atoms with Gasteiger partial charge < -0.3 is 9.15 Å². The van der Waals surface area contributed by atoms with Gasteiger partial charge in [-0.25, -0.2) is 4.98 Å². The normalized spacial score (nSPS) is 11.1. The van der Waals surface area contributed by atoms with E-state index in [1.54, 1.807) is 25.3 Å². The number of furan rings is 1. The molecule has 3 aromatic heterocycles. The molecule has 3 aromatic rings. The first-order valence-electron chi connectivity index (χ1n) is 7.40. The summed E-state index contributed by atoms with van der Waals surface area (Å²) in [6.45, 7) is 4.30. The van der Waals surface area contributed by atoms with Crippen LogP contribution in [0.5, 0.6) is 0 Å². The Kier molecular flexibility index (Phi) is 5.06. The molecule has 0 N–H and O–H groups in total. The van der Waals surface area contributed by atoms with Gasteiger partial charge in [0.1, 0.15) is 10.6 Å². The fraction of sp³-hybridized carbons (Fsp3) is 0.312. The Bertz CT molecular complexity index is 912. The average molecular weight is 364 g/mol. The van der Waals surface area contributed by atoms with Crippen LogP contribution in [0, 0.1) is 6.92 Å². The molecule has 24 heavy (non-hydrogen) atoms. The molecule has 0 aliphatic carbocycles. The molecule has 0 unspecified atom stereocenters. The zero-order valence-electron chi connectivity index (χ0n) is 13.3. The summed E-state index contributed by atoms with van der Waals surface area (Å²) in [6.07, 6.45) is 1.56. The van der Waals surface area contributed by atoms with Crippen molar-refractivity contribution in [1.29, 1.82) is 0 Å². The van der Waals surface area contributed by atoms with Crippen LogP contribution < -0.4 is 5.56 Å². The fourth-order valence-electron chi connectivity index (χ4n) is 2.25. The molecule has 0 aliphatic rings. The van der Waals surface area contributed by atoms with Crippen molar-refractivity contribution in [2.75, 3.05) is 12.4 Å². The lowest BCUT2D eigenvalue weighted by Crippen LogP contribution is -2.23. The van der Waals surface area contributed by atoms with Gasteiger partial charge in [-0.15, -0.1) is 11.3 Å². The van der Waals surface area contributed by atoms with E-state index < -0.39 is 0 Å². The molecule has 126 valence electrons. The Hall–Kier alpha value is -2.06. The van der Waals surface area contributed by atoms with Gasteiger partial charge in [0.2, 0.25) is 0 Å². The van der Waals surface area contributed by atoms with Crippen LogP contribution in [-0.2, 0) is 16.1 Å². The van der Waals surface area contributed by atoms with Crippen LogP contribution in [0.3, 0.4) is 0 Å². The number of nitrogens with zero attached hydrogens (tertiary/aromatic N) is 2. The molecule has 0 amide bonds. The maximum Gasteiger partial charge on any atom is 0.316 e. The number of carbonyl (C=O) groups is 1. The molecule has 0 fully saturated rings. The quantitative estimate of drug-likeness (QED) is 0.380. The molecule has 3 rings (SSSR count). The predicted molar refractivity (Wildman–Crippen MR) is 93.8 cm³/mol. The number of aromatic nitrogens is 2. The third-order valence-corrected chi connectivity index (χ3v) is 5.15. The Morgan fingerprint density at radius 3 is 3.04 bits per heavy atom. The van der Waals surface area contributed by atoms with Crippen LogP contribution in [-0.4, -0.2) is 27.9 Å². The van der Waals surface area contributed by atoms with E-state index in [0.717, 1.165) is 4.88 Å². The second-order valence-corrected chi connectivity index (χ2v) is 7.21. The molecule has 6 nitrogen and oxygen atoms in total. The Labute approximate surface area is 146 Å². The summed E-state index contributed by atoms with van der Waals surface area (Å²) in [7, 11) is 0. The molecule has 0 spiro atoms. The highest BCUT2D eigenvalue weighted by Crippen LogP contribution is 2.24. The lowest BCUT2D eigenvalue weighted by atomic mass is 10.3. The fourth-order valence-corrected chi connectivity index (χ4v) is 3.97. The second kappa shape index (κ2) is 7.23. The second-order valence-electron chi connectivity index (χ2n) is 5.03. The first-order chi connectivity index (χ1) is 11.6. The molecule has 0 radical (unpaired) electrons. The van der Waals surface area contributed by atoms with Gasteiger partial charge in [-0.1, -0.05) is 11.8 Å². The van der Waals surface area contributed by atoms with E-state index in [0.29, 0.717) is 27.7 Å². The standard InChI is InChI=1S/C16H16N2O4S2/c1-3-21-13(19)9-23-16-17-14-12(7-10(2)24-14)15(20)18(16)8-11-5-4-6-22-11/h4-7H,3,8-9H2,1-2H3. The van der Waals surface area contributed by atoms with E-state index in [1.807, 2.05) is 13.0 Å². The largest absolute Gasteiger partial charge is 0.467 e. The maximum absolute atomic E-state index is 12.8. The molecule has 0 atom stereocenters. The van der Waals surface area contributed by atoms with E-state index >= 15 is 0 Å². The van der Waals surface area contributed by atoms with E-state index in [1.165, 1.54) is 27.7 Å². The summed E-state index contributed by atoms with van der Waals surface area (Å²) >= 11 is 2.66. The maximum atomic E-state index is 12.8. The van der Waals surface area contributed by atoms with Crippen LogP contribution >= 0.6 is 23.1 Å². The van der Waals surface area contributed by atoms with Crippen molar-refractivity contribution in [1.82, 2.24) is 9.55 Å². The predicted octanol–water partition coefficient (Wildman–Crippen LogP) is 3.06. The minimum atomic E-state index is -0.330. The van der Waals surface area contributed by atoms with Crippen molar-refractivity contribution >= 4 is 39.3 Å². The highest BCUT2D eigenvalue weighted by atomic mass is 32.2. The molecule has 0 bridgehead atoms. The molecule has 0 saturated carbocycles. The summed E-state index contributed by atoms with van der Waals surface area (Å²) in [5.74, 6) is 0.431. The SMILES string of the molecule is CCOC(=O)CSc1nc2sc(C)cc2c(=O)n1Cc1ccco1. The van der Waals surface area contributed by atoms with Gasteiger partial charge in [0, 0.05) is 4.88 Å². The first-order valence-corrected chi connectivity index (χ1v) is 9.20. The third kappa shape index (κ3) is 3.54. The van der Waals surface area contributed by atoms with Crippen molar-refractivity contribution in [3.8, 4) is 0 Å². The zero-order chi connectivity index (χ0) is 17.1. The van der Waals surface area contributed by atoms with Gasteiger partial charge in [-0.3, -0.25) is 14.2 Å². The number of thiophene rings is 1. The Balaban J connectivity index is 2.00. The van der Waals surface area contributed by atoms with Crippen molar-refractivity contribution in [2.45, 2.75) is 25.5 Å². The molecule has 0 saturated heterocycles. The summed E-state index contributed by atoms with van der Waals surface area (Å²) in [6, 6.07) is 5.41. The average Bonchev–Trinajstić information content (AvgIpc) is 3.18. The number of aryl methyl sites for hydroxylation is 1. The number of rotatable bonds is 6. The molecule has 8 heteroatoms. The summed E-state index contributed by atoms with van der Waals surface area (Å²) in [5.41, 5.74) is -0.132. The lowest BCUT2D eigenvalue weighted by molar-refractivity contribution is -0.139. The van der Waals surface area contributed by atoms with E-state index in [2.05, 4.69) is 4.98 Å². The van der Waals surface area contributed by atoms with Gasteiger partial charge in [0.15, 0.2) is 5.16 Å². The van der Waals surface area contributed by atoms with E-state index in [9.17, 15) is 9.59 Å². The van der Waals surface area contributed by atoms with Gasteiger partial charge in [-0.2, -0.15) is 0 Å². The molecule has 0 aliphatic heterocycles. The number of fused-ring (bicyclic) bond motifs is 1. The smallest absolute Gasteiger partial charge is 0.316 e. The Morgan fingerprint density at radius 2 is 2.33 bits per heavy atom. The van der Waals surface area contributed by atoms with Crippen molar-refractivity contribution in [2.24, 2.45) is 0 Å². The topological polar surface area (TPSA) is 74.3 Å². The van der Waals surface area contributed by atoms with E-state index in [-0.39, 0.29) is 23.8 Å². The first kappa shape index (κ1) is 16.8. The number of ether oxygens (including phenoxy) is 1. The third-order valence-electron chi connectivity index (χ3n) is 3.26. The molecule has 0 aromatic carbocycles. The van der Waals surface area contributed by atoms with Gasteiger partial charge in [0.25, 0.3) is 5.56 Å². The summed E-state index contributed by atoms with van der Waals surface area (Å²) in [5, 5.41) is 1.07. The molecular weight excluding hydrogens is 348 g/mol. The van der Waals surface area contributed by atoms with Gasteiger partial charge in [-0.05, 0) is 32.0 Å². The number of carbonyl (C=O) groups excluding carboxylic acids is 1. The number of thioether (sulfide) groups is 1. The summed E-state index contributed by atoms with van der Waals surface area (Å²) < 4.78 is 11.8. The van der Waals surface area contributed by atoms with Crippen LogP contribution in [0.2, 0.25) is 0 Å². The monoisotopic (exact) mass is 364 g/mol. The molecular formula is C16H16N2O4S2. The molecule has 3 heterocycles. The number of hydrogen-bond acceptors (Lipinski definition) is 7. The van der Waals surface area contributed by atoms with Crippen LogP contribution in [0.4, 0.5) is 0 Å². The lowest BCUT2D eigenvalue weighted by Gasteiger charge is -2.10. The highest BCUT2D eigenvalue weighted by molar-refractivity contribution is 7.99. The van der Waals surface area contributed by atoms with Gasteiger partial charge in [0.05, 0.1) is 30.6 Å². The highest BCUT2D eigenvalue weighted by Gasteiger charge is 2.16. The van der Waals surface area contributed by atoms with E-state index in [4.69, 9.17) is 9.15 Å². The van der Waals surface area contributed by atoms with Crippen molar-refractivity contribution in [3.63, 3.8) is 0 Å². The summed E-state index contributed by atoms with van der Waals surface area (Å²) in [4.78, 5) is 30.7. The van der Waals surface area contributed by atoms with Crippen molar-refractivity contribution in [3.05, 3.63) is 45.5 Å². The zero-order valence-corrected chi connectivity index (χ0v) is 14.9. The van der Waals surface area contributed by atoms with Crippen molar-refractivity contribution < 1.29 is 13.9 Å². The van der Waals surface area contributed by atoms with Crippen LogP contribution in [0.25, 0.3) is 10.2 Å². The minimum Gasteiger partial charge on any atom is -0.467 e. The Morgan fingerprint density at radius 1 is 1.50 bits per heavy atom. The number of esters is 1. The number of hydrogen-bond donors (Lipinski definition) is 0. The van der Waals surface area contributed by atoms with Crippen LogP contribution in [0.1, 0.15) is 17.6 Å². The minimum absolute atomic E-state index is 0.105.